The van der Waals surface area contributed by atoms with Crippen molar-refractivity contribution in [3.63, 3.8) is 0 Å². The average Bonchev–Trinajstić information content (AvgIpc) is 2.95. The zero-order valence-electron chi connectivity index (χ0n) is 21.8. The molecule has 11 heteroatoms. The molecule has 0 atom stereocenters. The van der Waals surface area contributed by atoms with E-state index in [1.807, 2.05) is 30.3 Å². The van der Waals surface area contributed by atoms with Crippen LogP contribution < -0.4 is 16.0 Å². The van der Waals surface area contributed by atoms with Gasteiger partial charge < -0.3 is 30.5 Å². The van der Waals surface area contributed by atoms with Crippen molar-refractivity contribution in [2.75, 3.05) is 48.9 Å². The van der Waals surface area contributed by atoms with E-state index < -0.39 is 5.82 Å². The molecule has 0 aliphatic rings. The van der Waals surface area contributed by atoms with E-state index in [9.17, 15) is 14.3 Å². The van der Waals surface area contributed by atoms with Gasteiger partial charge in [0.2, 0.25) is 17.8 Å². The minimum atomic E-state index is -0.417. The van der Waals surface area contributed by atoms with Gasteiger partial charge in [-0.05, 0) is 55.0 Å². The number of carbonyl (C=O) groups excluding carboxylic acids is 1. The second kappa shape index (κ2) is 15.1. The van der Waals surface area contributed by atoms with Crippen molar-refractivity contribution in [2.45, 2.75) is 12.8 Å². The van der Waals surface area contributed by atoms with Gasteiger partial charge in [0.1, 0.15) is 11.6 Å². The minimum absolute atomic E-state index is 0.104. The molecule has 0 aliphatic carbocycles. The molecule has 0 spiro atoms. The standard InChI is InChI=1S/C29H31FN6O4/c30-22-7-4-6-21(20-22)26(38)10-5-16-39-18-19-40-17-15-31-27-34-28(32-23-8-2-1-3-9-23)36-29(35-27)33-24-11-13-25(37)14-12-24/h1-4,6-9,11-14,20,37H,5,10,15-19H2,(H3,31,32,33,34,35,36). The molecule has 40 heavy (non-hydrogen) atoms. The lowest BCUT2D eigenvalue weighted by Crippen LogP contribution is -2.15. The van der Waals surface area contributed by atoms with E-state index in [2.05, 4.69) is 30.9 Å². The number of Topliss-reactive ketones (excluding diaryl/α,β-unsaturated/α-hetero) is 1. The number of benzene rings is 3. The SMILES string of the molecule is O=C(CCCOCCOCCNc1nc(Nc2ccccc2)nc(Nc2ccc(O)cc2)n1)c1cccc(F)c1. The molecule has 0 bridgehead atoms. The van der Waals surface area contributed by atoms with E-state index in [0.717, 1.165) is 5.69 Å². The number of ether oxygens (including phenoxy) is 2. The zero-order chi connectivity index (χ0) is 28.0. The summed E-state index contributed by atoms with van der Waals surface area (Å²) in [5.74, 6) is 0.683. The van der Waals surface area contributed by atoms with Crippen LogP contribution in [0.4, 0.5) is 33.6 Å². The summed E-state index contributed by atoms with van der Waals surface area (Å²) in [6.45, 7) is 2.06. The maximum absolute atomic E-state index is 13.2. The average molecular weight is 547 g/mol. The van der Waals surface area contributed by atoms with Gasteiger partial charge in [0.25, 0.3) is 0 Å². The first kappa shape index (κ1) is 28.4. The number of nitrogens with one attached hydrogen (secondary N) is 3. The number of phenols is 1. The van der Waals surface area contributed by atoms with Gasteiger partial charge in [0.15, 0.2) is 5.78 Å². The van der Waals surface area contributed by atoms with Crippen LogP contribution in [0.5, 0.6) is 5.75 Å². The lowest BCUT2D eigenvalue weighted by molar-refractivity contribution is 0.0497. The number of para-hydroxylation sites is 1. The van der Waals surface area contributed by atoms with Crippen molar-refractivity contribution < 1.29 is 23.8 Å². The van der Waals surface area contributed by atoms with E-state index in [1.54, 1.807) is 30.3 Å². The van der Waals surface area contributed by atoms with E-state index in [-0.39, 0.29) is 11.5 Å². The third-order valence-electron chi connectivity index (χ3n) is 5.53. The highest BCUT2D eigenvalue weighted by Gasteiger charge is 2.09. The number of anilines is 5. The molecule has 1 aromatic heterocycles. The number of phenolic OH excluding ortho intramolecular Hbond substituents is 1. The first-order valence-electron chi connectivity index (χ1n) is 12.9. The predicted molar refractivity (Wildman–Crippen MR) is 151 cm³/mol. The number of halogens is 1. The molecule has 3 aromatic carbocycles. The summed E-state index contributed by atoms with van der Waals surface area (Å²) in [6, 6.07) is 21.8. The summed E-state index contributed by atoms with van der Waals surface area (Å²) in [7, 11) is 0. The molecular formula is C29H31FN6O4. The third-order valence-corrected chi connectivity index (χ3v) is 5.53. The van der Waals surface area contributed by atoms with Crippen molar-refractivity contribution in [1.29, 1.82) is 0 Å². The summed E-state index contributed by atoms with van der Waals surface area (Å²) in [4.78, 5) is 25.4. The highest BCUT2D eigenvalue weighted by atomic mass is 19.1. The second-order valence-corrected chi connectivity index (χ2v) is 8.66. The molecule has 0 fully saturated rings. The number of hydrogen-bond acceptors (Lipinski definition) is 10. The maximum atomic E-state index is 13.2. The Balaban J connectivity index is 1.18. The van der Waals surface area contributed by atoms with Crippen LogP contribution in [-0.4, -0.2) is 58.8 Å². The molecule has 0 amide bonds. The van der Waals surface area contributed by atoms with Crippen molar-refractivity contribution in [2.24, 2.45) is 0 Å². The molecule has 0 unspecified atom stereocenters. The number of aromatic hydroxyl groups is 1. The zero-order valence-corrected chi connectivity index (χ0v) is 21.8. The largest absolute Gasteiger partial charge is 0.508 e. The number of hydrogen-bond donors (Lipinski definition) is 4. The maximum Gasteiger partial charge on any atom is 0.233 e. The fourth-order valence-electron chi connectivity index (χ4n) is 3.59. The first-order valence-corrected chi connectivity index (χ1v) is 12.9. The van der Waals surface area contributed by atoms with E-state index >= 15 is 0 Å². The van der Waals surface area contributed by atoms with Gasteiger partial charge in [-0.15, -0.1) is 0 Å². The highest BCUT2D eigenvalue weighted by Crippen LogP contribution is 2.20. The smallest absolute Gasteiger partial charge is 0.233 e. The van der Waals surface area contributed by atoms with Gasteiger partial charge in [0, 0.05) is 36.5 Å². The quantitative estimate of drug-likeness (QED) is 0.0833. The molecule has 0 aliphatic heterocycles. The van der Waals surface area contributed by atoms with Gasteiger partial charge in [-0.3, -0.25) is 4.79 Å². The molecular weight excluding hydrogens is 515 g/mol. The van der Waals surface area contributed by atoms with E-state index in [4.69, 9.17) is 9.47 Å². The van der Waals surface area contributed by atoms with Crippen LogP contribution in [0.15, 0.2) is 78.9 Å². The summed E-state index contributed by atoms with van der Waals surface area (Å²) in [6.07, 6.45) is 0.848. The molecule has 0 radical (unpaired) electrons. The van der Waals surface area contributed by atoms with Crippen LogP contribution in [0.3, 0.4) is 0 Å². The van der Waals surface area contributed by atoms with E-state index in [1.165, 1.54) is 18.2 Å². The highest BCUT2D eigenvalue weighted by molar-refractivity contribution is 5.95. The Morgan fingerprint density at radius 1 is 0.750 bits per heavy atom. The van der Waals surface area contributed by atoms with Gasteiger partial charge >= 0.3 is 0 Å². The fraction of sp³-hybridized carbons (Fsp3) is 0.241. The normalized spacial score (nSPS) is 10.7. The summed E-state index contributed by atoms with van der Waals surface area (Å²) >= 11 is 0. The molecule has 4 N–H and O–H groups in total. The fourth-order valence-corrected chi connectivity index (χ4v) is 3.59. The summed E-state index contributed by atoms with van der Waals surface area (Å²) < 4.78 is 24.4. The van der Waals surface area contributed by atoms with Crippen molar-refractivity contribution >= 4 is 35.0 Å². The number of ketones is 1. The summed E-state index contributed by atoms with van der Waals surface area (Å²) in [5, 5.41) is 18.9. The van der Waals surface area contributed by atoms with Crippen LogP contribution in [0.25, 0.3) is 0 Å². The van der Waals surface area contributed by atoms with E-state index in [0.29, 0.717) is 74.9 Å². The van der Waals surface area contributed by atoms with Crippen LogP contribution in [-0.2, 0) is 9.47 Å². The second-order valence-electron chi connectivity index (χ2n) is 8.66. The third kappa shape index (κ3) is 9.61. The Hall–Kier alpha value is -4.61. The lowest BCUT2D eigenvalue weighted by atomic mass is 10.1. The molecule has 0 saturated carbocycles. The Labute approximate surface area is 231 Å². The Morgan fingerprint density at radius 3 is 2.10 bits per heavy atom. The Bertz CT molecular complexity index is 1360. The van der Waals surface area contributed by atoms with Crippen LogP contribution >= 0.6 is 0 Å². The van der Waals surface area contributed by atoms with Crippen molar-refractivity contribution in [3.8, 4) is 5.75 Å². The number of rotatable bonds is 16. The van der Waals surface area contributed by atoms with Crippen molar-refractivity contribution in [3.05, 3.63) is 90.2 Å². The molecule has 4 aromatic rings. The van der Waals surface area contributed by atoms with Gasteiger partial charge in [-0.1, -0.05) is 30.3 Å². The first-order chi connectivity index (χ1) is 19.5. The van der Waals surface area contributed by atoms with Gasteiger partial charge in [-0.25, -0.2) is 4.39 Å². The van der Waals surface area contributed by atoms with Crippen LogP contribution in [0.1, 0.15) is 23.2 Å². The number of carbonyl (C=O) groups is 1. The lowest BCUT2D eigenvalue weighted by Gasteiger charge is -2.12. The van der Waals surface area contributed by atoms with Gasteiger partial charge in [0.05, 0.1) is 19.8 Å². The topological polar surface area (TPSA) is 131 Å². The van der Waals surface area contributed by atoms with Crippen LogP contribution in [0, 0.1) is 5.82 Å². The summed E-state index contributed by atoms with van der Waals surface area (Å²) in [5.41, 5.74) is 1.92. The molecule has 0 saturated heterocycles. The monoisotopic (exact) mass is 546 g/mol. The Kier molecular flexibility index (Phi) is 10.7. The molecule has 4 rings (SSSR count). The molecule has 208 valence electrons. The van der Waals surface area contributed by atoms with Gasteiger partial charge in [-0.2, -0.15) is 15.0 Å². The molecule has 1 heterocycles. The Morgan fingerprint density at radius 2 is 1.40 bits per heavy atom. The predicted octanol–water partition coefficient (Wildman–Crippen LogP) is 5.31. The van der Waals surface area contributed by atoms with Crippen molar-refractivity contribution in [1.82, 2.24) is 15.0 Å². The minimum Gasteiger partial charge on any atom is -0.508 e. The number of nitrogens with zero attached hydrogens (tertiary/aromatic N) is 3. The number of aromatic nitrogens is 3. The molecule has 10 nitrogen and oxygen atoms in total. The van der Waals surface area contributed by atoms with Crippen LogP contribution in [0.2, 0.25) is 0 Å².